The Balaban J connectivity index is 1.70. The van der Waals surface area contributed by atoms with Gasteiger partial charge in [0, 0.05) is 10.9 Å². The summed E-state index contributed by atoms with van der Waals surface area (Å²) in [6.07, 6.45) is 0. The van der Waals surface area contributed by atoms with Crippen LogP contribution in [0, 0.1) is 0 Å². The van der Waals surface area contributed by atoms with Crippen molar-refractivity contribution in [3.63, 3.8) is 0 Å². The van der Waals surface area contributed by atoms with Gasteiger partial charge >= 0.3 is 0 Å². The van der Waals surface area contributed by atoms with E-state index in [2.05, 4.69) is 23.6 Å². The molecule has 1 heterocycles. The molecule has 0 bridgehead atoms. The molecule has 5 heteroatoms. The van der Waals surface area contributed by atoms with Gasteiger partial charge in [0.05, 0.1) is 19.7 Å². The third kappa shape index (κ3) is 5.18. The molecule has 1 amide bonds. The predicted molar refractivity (Wildman–Crippen MR) is 110 cm³/mol. The van der Waals surface area contributed by atoms with Crippen molar-refractivity contribution in [3.8, 4) is 5.75 Å². The zero-order valence-corrected chi connectivity index (χ0v) is 16.3. The van der Waals surface area contributed by atoms with E-state index >= 15 is 0 Å². The van der Waals surface area contributed by atoms with E-state index in [9.17, 15) is 4.79 Å². The maximum Gasteiger partial charge on any atom is 0.234 e. The van der Waals surface area contributed by atoms with Crippen molar-refractivity contribution in [1.82, 2.24) is 10.6 Å². The Morgan fingerprint density at radius 1 is 1.00 bits per heavy atom. The average Bonchev–Trinajstić information content (AvgIpc) is 3.26. The lowest BCUT2D eigenvalue weighted by atomic mass is 9.98. The fourth-order valence-corrected chi connectivity index (χ4v) is 3.66. The van der Waals surface area contributed by atoms with Crippen molar-refractivity contribution in [1.29, 1.82) is 0 Å². The Morgan fingerprint density at radius 2 is 1.70 bits per heavy atom. The molecule has 140 valence electrons. The number of carbonyl (C=O) groups is 1. The molecule has 0 spiro atoms. The van der Waals surface area contributed by atoms with Gasteiger partial charge in [-0.1, -0.05) is 48.5 Å². The zero-order chi connectivity index (χ0) is 19.1. The molecule has 3 rings (SSSR count). The Kier molecular flexibility index (Phi) is 6.63. The molecule has 3 aromatic rings. The minimum Gasteiger partial charge on any atom is -0.497 e. The van der Waals surface area contributed by atoms with Crippen LogP contribution in [0.15, 0.2) is 72.1 Å². The molecular weight excluding hydrogens is 356 g/mol. The normalized spacial score (nSPS) is 13.0. The summed E-state index contributed by atoms with van der Waals surface area (Å²) in [7, 11) is 1.64. The maximum atomic E-state index is 12.6. The second kappa shape index (κ2) is 9.35. The minimum absolute atomic E-state index is 0.0388. The van der Waals surface area contributed by atoms with Gasteiger partial charge in [0.15, 0.2) is 0 Å². The van der Waals surface area contributed by atoms with Crippen molar-refractivity contribution < 1.29 is 9.53 Å². The molecule has 0 aliphatic heterocycles. The summed E-state index contributed by atoms with van der Waals surface area (Å²) in [4.78, 5) is 13.8. The first-order valence-corrected chi connectivity index (χ1v) is 9.80. The highest BCUT2D eigenvalue weighted by Crippen LogP contribution is 2.24. The Hall–Kier alpha value is -2.63. The largest absolute Gasteiger partial charge is 0.497 e. The smallest absolute Gasteiger partial charge is 0.234 e. The van der Waals surface area contributed by atoms with Crippen LogP contribution in [-0.4, -0.2) is 19.6 Å². The third-order valence-electron chi connectivity index (χ3n) is 4.43. The highest BCUT2D eigenvalue weighted by atomic mass is 32.1. The van der Waals surface area contributed by atoms with Crippen LogP contribution in [0.5, 0.6) is 5.75 Å². The molecule has 0 fully saturated rings. The molecule has 4 nitrogen and oxygen atoms in total. The monoisotopic (exact) mass is 380 g/mol. The lowest BCUT2D eigenvalue weighted by Gasteiger charge is -2.21. The Morgan fingerprint density at radius 3 is 2.33 bits per heavy atom. The van der Waals surface area contributed by atoms with Gasteiger partial charge in [-0.3, -0.25) is 4.79 Å². The van der Waals surface area contributed by atoms with E-state index in [4.69, 9.17) is 4.74 Å². The number of thiophene rings is 1. The van der Waals surface area contributed by atoms with Crippen LogP contribution >= 0.6 is 11.3 Å². The second-order valence-electron chi connectivity index (χ2n) is 6.30. The van der Waals surface area contributed by atoms with E-state index in [1.807, 2.05) is 66.0 Å². The first-order chi connectivity index (χ1) is 13.2. The molecule has 0 unspecified atom stereocenters. The van der Waals surface area contributed by atoms with Crippen molar-refractivity contribution in [2.75, 3.05) is 13.7 Å². The standard InChI is InChI=1S/C22H24N2O2S/c1-16(20-9-6-14-27-20)23-15-21(25)24-22(17-7-4-3-5-8-17)18-10-12-19(26-2)13-11-18/h3-14,16,22-23H,15H2,1-2H3,(H,24,25)/t16-,22-/m0/s1. The van der Waals surface area contributed by atoms with E-state index in [0.717, 1.165) is 16.9 Å². The molecule has 2 aromatic carbocycles. The van der Waals surface area contributed by atoms with Gasteiger partial charge < -0.3 is 15.4 Å². The van der Waals surface area contributed by atoms with Crippen LogP contribution in [-0.2, 0) is 4.79 Å². The van der Waals surface area contributed by atoms with Gasteiger partial charge in [-0.2, -0.15) is 0 Å². The zero-order valence-electron chi connectivity index (χ0n) is 15.5. The molecule has 0 saturated heterocycles. The number of rotatable bonds is 8. The lowest BCUT2D eigenvalue weighted by molar-refractivity contribution is -0.120. The van der Waals surface area contributed by atoms with Crippen molar-refractivity contribution in [3.05, 3.63) is 88.1 Å². The van der Waals surface area contributed by atoms with Crippen molar-refractivity contribution in [2.24, 2.45) is 0 Å². The van der Waals surface area contributed by atoms with Crippen molar-refractivity contribution >= 4 is 17.2 Å². The highest BCUT2D eigenvalue weighted by molar-refractivity contribution is 7.10. The summed E-state index contributed by atoms with van der Waals surface area (Å²) in [5.41, 5.74) is 2.06. The van der Waals surface area contributed by atoms with E-state index in [1.165, 1.54) is 4.88 Å². The predicted octanol–water partition coefficient (Wildman–Crippen LogP) is 4.31. The Labute approximate surface area is 164 Å². The Bertz CT molecular complexity index is 833. The van der Waals surface area contributed by atoms with Gasteiger partial charge in [-0.25, -0.2) is 0 Å². The lowest BCUT2D eigenvalue weighted by Crippen LogP contribution is -2.37. The summed E-state index contributed by atoms with van der Waals surface area (Å²) in [5.74, 6) is 0.756. The molecule has 0 aliphatic rings. The molecule has 0 radical (unpaired) electrons. The average molecular weight is 381 g/mol. The van der Waals surface area contributed by atoms with Gasteiger partial charge in [0.1, 0.15) is 5.75 Å². The maximum absolute atomic E-state index is 12.6. The number of hydrogen-bond donors (Lipinski definition) is 2. The molecule has 0 saturated carbocycles. The van der Waals surface area contributed by atoms with E-state index < -0.39 is 0 Å². The van der Waals surface area contributed by atoms with Gasteiger partial charge in [0.2, 0.25) is 5.91 Å². The summed E-state index contributed by atoms with van der Waals surface area (Å²) >= 11 is 1.69. The molecule has 27 heavy (non-hydrogen) atoms. The number of carbonyl (C=O) groups excluding carboxylic acids is 1. The third-order valence-corrected chi connectivity index (χ3v) is 5.48. The van der Waals surface area contributed by atoms with Gasteiger partial charge in [-0.15, -0.1) is 11.3 Å². The SMILES string of the molecule is COc1ccc([C@@H](NC(=O)CN[C@@H](C)c2cccs2)c2ccccc2)cc1. The van der Waals surface area contributed by atoms with Gasteiger partial charge in [0.25, 0.3) is 0 Å². The van der Waals surface area contributed by atoms with Crippen LogP contribution in [0.4, 0.5) is 0 Å². The van der Waals surface area contributed by atoms with Crippen LogP contribution in [0.25, 0.3) is 0 Å². The molecule has 1 aromatic heterocycles. The number of nitrogens with one attached hydrogen (secondary N) is 2. The topological polar surface area (TPSA) is 50.4 Å². The summed E-state index contributed by atoms with van der Waals surface area (Å²) in [6, 6.07) is 21.8. The van der Waals surface area contributed by atoms with Crippen molar-refractivity contribution in [2.45, 2.75) is 19.0 Å². The molecular formula is C22H24N2O2S. The van der Waals surface area contributed by atoms with Gasteiger partial charge in [-0.05, 0) is 41.6 Å². The summed E-state index contributed by atoms with van der Waals surface area (Å²) in [5, 5.41) is 8.48. The van der Waals surface area contributed by atoms with E-state index in [1.54, 1.807) is 18.4 Å². The number of benzene rings is 2. The first-order valence-electron chi connectivity index (χ1n) is 8.92. The fraction of sp³-hybridized carbons (Fsp3) is 0.227. The van der Waals surface area contributed by atoms with E-state index in [-0.39, 0.29) is 24.5 Å². The highest BCUT2D eigenvalue weighted by Gasteiger charge is 2.17. The number of ether oxygens (including phenoxy) is 1. The minimum atomic E-state index is -0.205. The summed E-state index contributed by atoms with van der Waals surface area (Å²) in [6.45, 7) is 2.33. The number of methoxy groups -OCH3 is 1. The van der Waals surface area contributed by atoms with Crippen LogP contribution < -0.4 is 15.4 Å². The molecule has 2 atom stereocenters. The second-order valence-corrected chi connectivity index (χ2v) is 7.28. The van der Waals surface area contributed by atoms with Crippen LogP contribution in [0.3, 0.4) is 0 Å². The fourth-order valence-electron chi connectivity index (χ4n) is 2.90. The van der Waals surface area contributed by atoms with Crippen LogP contribution in [0.2, 0.25) is 0 Å². The molecule has 2 N–H and O–H groups in total. The first kappa shape index (κ1) is 19.1. The quantitative estimate of drug-likeness (QED) is 0.612. The number of hydrogen-bond acceptors (Lipinski definition) is 4. The van der Waals surface area contributed by atoms with Crippen LogP contribution in [0.1, 0.15) is 35.0 Å². The number of amides is 1. The molecule has 0 aliphatic carbocycles. The van der Waals surface area contributed by atoms with E-state index in [0.29, 0.717) is 0 Å². The summed E-state index contributed by atoms with van der Waals surface area (Å²) < 4.78 is 5.24.